The fourth-order valence-corrected chi connectivity index (χ4v) is 1.82. The number of para-hydroxylation sites is 2. The van der Waals surface area contributed by atoms with Gasteiger partial charge in [0.25, 0.3) is 5.69 Å². The molecule has 0 aliphatic rings. The molecule has 5 nitrogen and oxygen atoms in total. The lowest BCUT2D eigenvalue weighted by Crippen LogP contribution is -1.97. The van der Waals surface area contributed by atoms with E-state index >= 15 is 0 Å². The normalized spacial score (nSPS) is 9.95. The SMILES string of the molecule is O=Cc1ccc(Nc2ccccc2[N+](=O)[O-])cc1Cl. The van der Waals surface area contributed by atoms with Crippen LogP contribution in [-0.2, 0) is 0 Å². The van der Waals surface area contributed by atoms with Crippen LogP contribution in [-0.4, -0.2) is 11.2 Å². The number of hydrogen-bond donors (Lipinski definition) is 1. The molecule has 0 spiro atoms. The highest BCUT2D eigenvalue weighted by Crippen LogP contribution is 2.28. The van der Waals surface area contributed by atoms with Crippen molar-refractivity contribution in [2.24, 2.45) is 0 Å². The minimum atomic E-state index is -0.469. The molecule has 19 heavy (non-hydrogen) atoms. The van der Waals surface area contributed by atoms with Crippen molar-refractivity contribution >= 4 is 34.9 Å². The van der Waals surface area contributed by atoms with Crippen LogP contribution in [0.25, 0.3) is 0 Å². The van der Waals surface area contributed by atoms with Gasteiger partial charge in [0, 0.05) is 17.3 Å². The first-order valence-corrected chi connectivity index (χ1v) is 5.75. The van der Waals surface area contributed by atoms with Crippen LogP contribution in [0.1, 0.15) is 10.4 Å². The average Bonchev–Trinajstić information content (AvgIpc) is 2.39. The highest BCUT2D eigenvalue weighted by atomic mass is 35.5. The van der Waals surface area contributed by atoms with E-state index in [1.165, 1.54) is 6.07 Å². The number of anilines is 2. The van der Waals surface area contributed by atoms with Crippen LogP contribution in [0, 0.1) is 10.1 Å². The molecule has 0 fully saturated rings. The first-order valence-electron chi connectivity index (χ1n) is 5.37. The third-order valence-corrected chi connectivity index (χ3v) is 2.83. The number of halogens is 1. The molecular weight excluding hydrogens is 268 g/mol. The van der Waals surface area contributed by atoms with E-state index in [9.17, 15) is 14.9 Å². The van der Waals surface area contributed by atoms with E-state index in [4.69, 9.17) is 11.6 Å². The Labute approximate surface area is 114 Å². The summed E-state index contributed by atoms with van der Waals surface area (Å²) < 4.78 is 0. The molecule has 2 aromatic carbocycles. The predicted octanol–water partition coefficient (Wildman–Crippen LogP) is 3.80. The fourth-order valence-electron chi connectivity index (χ4n) is 1.59. The summed E-state index contributed by atoms with van der Waals surface area (Å²) in [5, 5.41) is 14.1. The molecule has 0 radical (unpaired) electrons. The number of aldehydes is 1. The molecule has 0 heterocycles. The molecular formula is C13H9ClN2O3. The number of nitrogens with zero attached hydrogens (tertiary/aromatic N) is 1. The van der Waals surface area contributed by atoms with Gasteiger partial charge in [0.2, 0.25) is 0 Å². The predicted molar refractivity (Wildman–Crippen MR) is 73.2 cm³/mol. The summed E-state index contributed by atoms with van der Waals surface area (Å²) in [7, 11) is 0. The number of rotatable bonds is 4. The lowest BCUT2D eigenvalue weighted by Gasteiger charge is -2.07. The molecule has 2 aromatic rings. The van der Waals surface area contributed by atoms with Gasteiger partial charge in [-0.15, -0.1) is 0 Å². The Morgan fingerprint density at radius 3 is 2.58 bits per heavy atom. The van der Waals surface area contributed by atoms with Crippen LogP contribution in [0.4, 0.5) is 17.1 Å². The molecule has 0 amide bonds. The van der Waals surface area contributed by atoms with E-state index < -0.39 is 4.92 Å². The van der Waals surface area contributed by atoms with Gasteiger partial charge in [0.05, 0.1) is 9.95 Å². The minimum Gasteiger partial charge on any atom is -0.350 e. The number of nitro benzene ring substituents is 1. The van der Waals surface area contributed by atoms with E-state index in [1.54, 1.807) is 36.4 Å². The standard InChI is InChI=1S/C13H9ClN2O3/c14-11-7-10(6-5-9(11)8-17)15-12-3-1-2-4-13(12)16(18)19/h1-8,15H. The van der Waals surface area contributed by atoms with Gasteiger partial charge in [-0.25, -0.2) is 0 Å². The van der Waals surface area contributed by atoms with Gasteiger partial charge in [-0.05, 0) is 24.3 Å². The quantitative estimate of drug-likeness (QED) is 0.524. The second-order valence-corrected chi connectivity index (χ2v) is 4.16. The molecule has 0 aliphatic heterocycles. The van der Waals surface area contributed by atoms with Crippen molar-refractivity contribution in [3.63, 3.8) is 0 Å². The number of hydrogen-bond acceptors (Lipinski definition) is 4. The topological polar surface area (TPSA) is 72.2 Å². The maximum absolute atomic E-state index is 10.9. The van der Waals surface area contributed by atoms with Crippen molar-refractivity contribution in [2.75, 3.05) is 5.32 Å². The molecule has 0 saturated heterocycles. The molecule has 0 saturated carbocycles. The Bertz CT molecular complexity index is 644. The molecule has 96 valence electrons. The summed E-state index contributed by atoms with van der Waals surface area (Å²) in [4.78, 5) is 21.1. The van der Waals surface area contributed by atoms with Crippen LogP contribution in [0.15, 0.2) is 42.5 Å². The lowest BCUT2D eigenvalue weighted by atomic mass is 10.2. The second kappa shape index (κ2) is 5.49. The number of carbonyl (C=O) groups excluding carboxylic acids is 1. The van der Waals surface area contributed by atoms with Crippen LogP contribution < -0.4 is 5.32 Å². The largest absolute Gasteiger partial charge is 0.350 e. The van der Waals surface area contributed by atoms with E-state index in [1.807, 2.05) is 0 Å². The van der Waals surface area contributed by atoms with Crippen molar-refractivity contribution in [3.8, 4) is 0 Å². The van der Waals surface area contributed by atoms with E-state index in [-0.39, 0.29) is 5.69 Å². The molecule has 0 aromatic heterocycles. The first kappa shape index (κ1) is 13.0. The maximum Gasteiger partial charge on any atom is 0.292 e. The van der Waals surface area contributed by atoms with Crippen molar-refractivity contribution in [1.82, 2.24) is 0 Å². The third kappa shape index (κ3) is 2.89. The lowest BCUT2D eigenvalue weighted by molar-refractivity contribution is -0.383. The molecule has 1 N–H and O–H groups in total. The average molecular weight is 277 g/mol. The van der Waals surface area contributed by atoms with Gasteiger partial charge in [0.1, 0.15) is 5.69 Å². The van der Waals surface area contributed by atoms with Gasteiger partial charge in [-0.2, -0.15) is 0 Å². The van der Waals surface area contributed by atoms with Crippen molar-refractivity contribution in [3.05, 3.63) is 63.2 Å². The van der Waals surface area contributed by atoms with Crippen molar-refractivity contribution < 1.29 is 9.72 Å². The smallest absolute Gasteiger partial charge is 0.292 e. The Morgan fingerprint density at radius 2 is 1.95 bits per heavy atom. The van der Waals surface area contributed by atoms with Crippen molar-refractivity contribution in [2.45, 2.75) is 0 Å². The number of benzene rings is 2. The van der Waals surface area contributed by atoms with Crippen LogP contribution in [0.5, 0.6) is 0 Å². The van der Waals surface area contributed by atoms with E-state index in [0.29, 0.717) is 28.2 Å². The number of carbonyl (C=O) groups is 1. The van der Waals surface area contributed by atoms with Crippen LogP contribution in [0.3, 0.4) is 0 Å². The van der Waals surface area contributed by atoms with Crippen LogP contribution in [0.2, 0.25) is 5.02 Å². The summed E-state index contributed by atoms with van der Waals surface area (Å²) in [5.41, 5.74) is 1.28. The summed E-state index contributed by atoms with van der Waals surface area (Å²) in [6.07, 6.45) is 0.650. The maximum atomic E-state index is 10.9. The van der Waals surface area contributed by atoms with Crippen molar-refractivity contribution in [1.29, 1.82) is 0 Å². The highest BCUT2D eigenvalue weighted by Gasteiger charge is 2.12. The molecule has 0 atom stereocenters. The third-order valence-electron chi connectivity index (χ3n) is 2.51. The number of nitrogens with one attached hydrogen (secondary N) is 1. The van der Waals surface area contributed by atoms with Gasteiger partial charge in [0.15, 0.2) is 6.29 Å². The summed E-state index contributed by atoms with van der Waals surface area (Å²) >= 11 is 5.89. The fraction of sp³-hybridized carbons (Fsp3) is 0. The first-order chi connectivity index (χ1) is 9.11. The zero-order valence-corrected chi connectivity index (χ0v) is 10.4. The Balaban J connectivity index is 2.34. The van der Waals surface area contributed by atoms with E-state index in [0.717, 1.165) is 0 Å². The molecule has 2 rings (SSSR count). The Kier molecular flexibility index (Phi) is 3.77. The van der Waals surface area contributed by atoms with Gasteiger partial charge in [-0.1, -0.05) is 23.7 Å². The number of nitro groups is 1. The highest BCUT2D eigenvalue weighted by molar-refractivity contribution is 6.33. The monoisotopic (exact) mass is 276 g/mol. The summed E-state index contributed by atoms with van der Waals surface area (Å²) in [5.74, 6) is 0. The van der Waals surface area contributed by atoms with Gasteiger partial charge in [-0.3, -0.25) is 14.9 Å². The summed E-state index contributed by atoms with van der Waals surface area (Å²) in [6.45, 7) is 0. The zero-order chi connectivity index (χ0) is 13.8. The Morgan fingerprint density at radius 1 is 1.21 bits per heavy atom. The van der Waals surface area contributed by atoms with Gasteiger partial charge < -0.3 is 5.32 Å². The molecule has 6 heteroatoms. The van der Waals surface area contributed by atoms with Gasteiger partial charge >= 0.3 is 0 Å². The molecule has 0 aliphatic carbocycles. The Hall–Kier alpha value is -2.40. The van der Waals surface area contributed by atoms with E-state index in [2.05, 4.69) is 5.32 Å². The second-order valence-electron chi connectivity index (χ2n) is 3.75. The molecule has 0 unspecified atom stereocenters. The summed E-state index contributed by atoms with van der Waals surface area (Å²) in [6, 6.07) is 11.0. The zero-order valence-electron chi connectivity index (χ0n) is 9.67. The minimum absolute atomic E-state index is 0.0295. The van der Waals surface area contributed by atoms with Crippen LogP contribution >= 0.6 is 11.6 Å². The molecule has 0 bridgehead atoms.